The number of carbonyl (C=O) groups is 2. The first-order chi connectivity index (χ1) is 17.3. The zero-order chi connectivity index (χ0) is 27.9. The van der Waals surface area contributed by atoms with Crippen LogP contribution >= 0.6 is 0 Å². The van der Waals surface area contributed by atoms with Crippen LogP contribution in [0.25, 0.3) is 0 Å². The van der Waals surface area contributed by atoms with Gasteiger partial charge in [-0.1, -0.05) is 62.7 Å². The van der Waals surface area contributed by atoms with Crippen LogP contribution in [-0.4, -0.2) is 62.7 Å². The molecule has 0 bridgehead atoms. The van der Waals surface area contributed by atoms with E-state index >= 15 is 0 Å². The minimum Gasteiger partial charge on any atom is -0.354 e. The van der Waals surface area contributed by atoms with Crippen LogP contribution in [0.5, 0.6) is 0 Å². The molecule has 0 aromatic heterocycles. The van der Waals surface area contributed by atoms with Gasteiger partial charge in [-0.05, 0) is 55.9 Å². The molecule has 2 rings (SSSR count). The zero-order valence-corrected chi connectivity index (χ0v) is 24.2. The molecule has 0 aliphatic carbocycles. The monoisotopic (exact) mass is 530 g/mol. The van der Waals surface area contributed by atoms with Crippen molar-refractivity contribution in [2.75, 3.05) is 31.5 Å². The predicted octanol–water partition coefficient (Wildman–Crippen LogP) is 3.80. The van der Waals surface area contributed by atoms with Crippen LogP contribution < -0.4 is 9.62 Å². The molecule has 1 unspecified atom stereocenters. The lowest BCUT2D eigenvalue weighted by Gasteiger charge is -2.34. The van der Waals surface area contributed by atoms with Crippen LogP contribution in [-0.2, 0) is 26.3 Å². The molecule has 9 heteroatoms. The van der Waals surface area contributed by atoms with Crippen molar-refractivity contribution < 1.29 is 18.0 Å². The average molecular weight is 531 g/mol. The minimum absolute atomic E-state index is 0.190. The molecular weight excluding hydrogens is 488 g/mol. The van der Waals surface area contributed by atoms with Crippen molar-refractivity contribution in [2.24, 2.45) is 5.92 Å². The minimum atomic E-state index is -3.99. The SMILES string of the molecule is CCC(C(=O)NCC(C)C)N(Cc1ccc(C)cc1)C(=O)CN(c1cc(C)ccc1C)S(=O)(=O)N(C)C. The van der Waals surface area contributed by atoms with E-state index in [9.17, 15) is 18.0 Å². The Morgan fingerprint density at radius 1 is 0.946 bits per heavy atom. The molecule has 0 saturated heterocycles. The van der Waals surface area contributed by atoms with Crippen LogP contribution in [0.2, 0.25) is 0 Å². The van der Waals surface area contributed by atoms with Gasteiger partial charge in [0.2, 0.25) is 11.8 Å². The van der Waals surface area contributed by atoms with Gasteiger partial charge in [-0.3, -0.25) is 9.59 Å². The second-order valence-corrected chi connectivity index (χ2v) is 12.2. The second-order valence-electron chi connectivity index (χ2n) is 10.2. The van der Waals surface area contributed by atoms with Crippen molar-refractivity contribution in [3.05, 3.63) is 64.7 Å². The number of aryl methyl sites for hydroxylation is 3. The molecule has 204 valence electrons. The van der Waals surface area contributed by atoms with Crippen LogP contribution in [0.3, 0.4) is 0 Å². The molecule has 1 atom stereocenters. The lowest BCUT2D eigenvalue weighted by atomic mass is 10.1. The first-order valence-corrected chi connectivity index (χ1v) is 14.1. The number of benzene rings is 2. The summed E-state index contributed by atoms with van der Waals surface area (Å²) < 4.78 is 29.0. The number of nitrogens with one attached hydrogen (secondary N) is 1. The summed E-state index contributed by atoms with van der Waals surface area (Å²) >= 11 is 0. The Kier molecular flexibility index (Phi) is 10.7. The smallest absolute Gasteiger partial charge is 0.304 e. The van der Waals surface area contributed by atoms with E-state index in [0.717, 1.165) is 30.9 Å². The van der Waals surface area contributed by atoms with Crippen LogP contribution in [0.4, 0.5) is 5.69 Å². The molecule has 0 heterocycles. The Hall–Kier alpha value is -2.91. The average Bonchev–Trinajstić information content (AvgIpc) is 2.83. The third-order valence-corrected chi connectivity index (χ3v) is 8.00. The molecule has 0 spiro atoms. The lowest BCUT2D eigenvalue weighted by molar-refractivity contribution is -0.140. The van der Waals surface area contributed by atoms with Gasteiger partial charge in [-0.15, -0.1) is 0 Å². The Balaban J connectivity index is 2.53. The maximum absolute atomic E-state index is 13.9. The summed E-state index contributed by atoms with van der Waals surface area (Å²) in [4.78, 5) is 28.6. The Labute approximate surface area is 222 Å². The quantitative estimate of drug-likeness (QED) is 0.452. The van der Waals surface area contributed by atoms with Crippen LogP contribution in [0.1, 0.15) is 49.4 Å². The normalized spacial score (nSPS) is 12.5. The highest BCUT2D eigenvalue weighted by molar-refractivity contribution is 7.90. The number of rotatable bonds is 12. The van der Waals surface area contributed by atoms with Gasteiger partial charge in [0.15, 0.2) is 0 Å². The van der Waals surface area contributed by atoms with Crippen LogP contribution in [0.15, 0.2) is 42.5 Å². The van der Waals surface area contributed by atoms with Crippen molar-refractivity contribution in [1.29, 1.82) is 0 Å². The van der Waals surface area contributed by atoms with E-state index in [1.165, 1.54) is 19.0 Å². The topological polar surface area (TPSA) is 90.0 Å². The van der Waals surface area contributed by atoms with Gasteiger partial charge in [0.1, 0.15) is 12.6 Å². The van der Waals surface area contributed by atoms with Gasteiger partial charge in [0.25, 0.3) is 0 Å². The highest BCUT2D eigenvalue weighted by Gasteiger charge is 2.34. The summed E-state index contributed by atoms with van der Waals surface area (Å²) in [6.45, 7) is 11.8. The van der Waals surface area contributed by atoms with Crippen molar-refractivity contribution in [2.45, 2.75) is 60.5 Å². The van der Waals surface area contributed by atoms with E-state index in [1.54, 1.807) is 6.07 Å². The summed E-state index contributed by atoms with van der Waals surface area (Å²) in [5, 5.41) is 2.94. The van der Waals surface area contributed by atoms with Crippen molar-refractivity contribution in [1.82, 2.24) is 14.5 Å². The second kappa shape index (κ2) is 13.1. The lowest BCUT2D eigenvalue weighted by Crippen LogP contribution is -2.53. The number of hydrogen-bond donors (Lipinski definition) is 1. The predicted molar refractivity (Wildman–Crippen MR) is 150 cm³/mol. The molecule has 1 N–H and O–H groups in total. The number of nitrogens with zero attached hydrogens (tertiary/aromatic N) is 3. The summed E-state index contributed by atoms with van der Waals surface area (Å²) in [5.74, 6) is -0.434. The van der Waals surface area contributed by atoms with E-state index < -0.39 is 28.7 Å². The fraction of sp³-hybridized carbons (Fsp3) is 0.500. The molecule has 0 fully saturated rings. The number of amides is 2. The third-order valence-electron chi connectivity index (χ3n) is 6.20. The molecule has 2 aromatic rings. The molecule has 0 aliphatic heterocycles. The maximum Gasteiger partial charge on any atom is 0.304 e. The van der Waals surface area contributed by atoms with E-state index in [0.29, 0.717) is 18.7 Å². The molecule has 2 amide bonds. The molecule has 0 saturated carbocycles. The van der Waals surface area contributed by atoms with Gasteiger partial charge in [0, 0.05) is 27.2 Å². The molecule has 2 aromatic carbocycles. The molecule has 0 aliphatic rings. The standard InChI is InChI=1S/C28H42N4O4S/c1-9-25(28(34)29-17-20(2)3)31(18-24-14-11-21(4)12-15-24)27(33)19-32(37(35,36)30(7)8)26-16-22(5)10-13-23(26)6/h10-16,20,25H,9,17-19H2,1-8H3,(H,29,34). The van der Waals surface area contributed by atoms with Crippen LogP contribution in [0, 0.1) is 26.7 Å². The first kappa shape index (κ1) is 30.3. The van der Waals surface area contributed by atoms with Crippen molar-refractivity contribution >= 4 is 27.7 Å². The number of hydrogen-bond acceptors (Lipinski definition) is 4. The van der Waals surface area contributed by atoms with E-state index in [-0.39, 0.29) is 18.4 Å². The third kappa shape index (κ3) is 8.04. The van der Waals surface area contributed by atoms with Gasteiger partial charge in [0.05, 0.1) is 5.69 Å². The summed E-state index contributed by atoms with van der Waals surface area (Å²) in [6.07, 6.45) is 0.394. The summed E-state index contributed by atoms with van der Waals surface area (Å²) in [6, 6.07) is 12.5. The summed E-state index contributed by atoms with van der Waals surface area (Å²) in [7, 11) is -1.11. The number of anilines is 1. The Morgan fingerprint density at radius 3 is 2.08 bits per heavy atom. The van der Waals surface area contributed by atoms with Gasteiger partial charge >= 0.3 is 10.2 Å². The van der Waals surface area contributed by atoms with Gasteiger partial charge in [-0.2, -0.15) is 12.7 Å². The fourth-order valence-electron chi connectivity index (χ4n) is 3.92. The first-order valence-electron chi connectivity index (χ1n) is 12.7. The highest BCUT2D eigenvalue weighted by Crippen LogP contribution is 2.26. The van der Waals surface area contributed by atoms with Gasteiger partial charge in [-0.25, -0.2) is 4.31 Å². The summed E-state index contributed by atoms with van der Waals surface area (Å²) in [5.41, 5.74) is 4.00. The molecule has 8 nitrogen and oxygen atoms in total. The Bertz CT molecular complexity index is 1180. The van der Waals surface area contributed by atoms with Gasteiger partial charge < -0.3 is 10.2 Å². The highest BCUT2D eigenvalue weighted by atomic mass is 32.2. The fourth-order valence-corrected chi connectivity index (χ4v) is 5.04. The van der Waals surface area contributed by atoms with Crippen molar-refractivity contribution in [3.63, 3.8) is 0 Å². The van der Waals surface area contributed by atoms with E-state index in [4.69, 9.17) is 0 Å². The zero-order valence-electron chi connectivity index (χ0n) is 23.4. The van der Waals surface area contributed by atoms with Crippen molar-refractivity contribution in [3.8, 4) is 0 Å². The molecule has 37 heavy (non-hydrogen) atoms. The van der Waals surface area contributed by atoms with E-state index in [1.807, 2.05) is 77.9 Å². The largest absolute Gasteiger partial charge is 0.354 e. The molecule has 0 radical (unpaired) electrons. The molecular formula is C28H42N4O4S. The van der Waals surface area contributed by atoms with E-state index in [2.05, 4.69) is 5.32 Å². The Morgan fingerprint density at radius 2 is 1.54 bits per heavy atom. The maximum atomic E-state index is 13.9. The number of carbonyl (C=O) groups excluding carboxylic acids is 2.